The van der Waals surface area contributed by atoms with Gasteiger partial charge in [-0.15, -0.1) is 94.1 Å². The van der Waals surface area contributed by atoms with Gasteiger partial charge in [-0.1, -0.05) is 138 Å². The lowest BCUT2D eigenvalue weighted by Gasteiger charge is -2.30. The van der Waals surface area contributed by atoms with Crippen molar-refractivity contribution in [1.82, 2.24) is 0 Å². The van der Waals surface area contributed by atoms with Crippen LogP contribution in [-0.4, -0.2) is 136 Å². The molecule has 0 saturated carbocycles. The van der Waals surface area contributed by atoms with Crippen LogP contribution in [0.25, 0.3) is 10.8 Å². The van der Waals surface area contributed by atoms with Gasteiger partial charge in [-0.25, -0.2) is 0 Å². The standard InChI is InChI=1S/C17H14O3S.C13H10OS.C13H16OS.C12H14OS.C11H9ClO3S.C11H11ClOS.C11H10O3S.C9H8O2S/c1-20-12-7-8-13-15(9-12)21-10-14(17(13)19)16(18)11-5-3-2-4-6-11;14-12-7-8-15-13-10-4-2-1-3-9(10)5-6-11(12)13;1-8-5-9(2)12-10(14)7-13(3,4)15-11(12)6-8;1-8-4-5-11-9(6-8)10(13)7-12(2,3)14-11;12-6-1-2-10-8(3-6)9(13)4-7(16-10)5-11(14)15;1-11(2)6-9(13)8-5-7(12)3-4-10(8)14-11;1-7(12)14-9-6-15-10-5-3-2-4-8(10)11(9)13;10-7-5-12-8-4-2-1-3-6(8)9(7)11/h2-9,14H,10H2,1H3;1-6H,7-8H2;5-6H,7H2,1-4H3;4-6H,7H2,1-3H3;1-3,7H,4-5H2,(H,14,15);3-5H,6H2,1-2H3;2-5,9H,6H2,1H3;1-4,7,10H,5H2. The van der Waals surface area contributed by atoms with Gasteiger partial charge in [0.2, 0.25) is 5.78 Å². The number of carboxylic acids is 1. The van der Waals surface area contributed by atoms with E-state index in [4.69, 9.17) is 37.8 Å². The summed E-state index contributed by atoms with van der Waals surface area (Å²) in [7, 11) is 1.60. The summed E-state index contributed by atoms with van der Waals surface area (Å²) in [6.07, 6.45) is 1.40. The number of carbonyl (C=O) groups excluding carboxylic acids is 10. The number of aliphatic carboxylic acids is 1. The van der Waals surface area contributed by atoms with Gasteiger partial charge in [-0.3, -0.25) is 52.7 Å². The van der Waals surface area contributed by atoms with Crippen LogP contribution in [0.2, 0.25) is 10.0 Å². The van der Waals surface area contributed by atoms with Gasteiger partial charge in [-0.05, 0) is 175 Å². The molecule has 0 bridgehead atoms. The number of halogens is 2. The van der Waals surface area contributed by atoms with Crippen molar-refractivity contribution in [3.8, 4) is 5.75 Å². The summed E-state index contributed by atoms with van der Waals surface area (Å²) in [6.45, 7) is 20.2. The van der Waals surface area contributed by atoms with Crippen LogP contribution in [-0.2, 0) is 14.3 Å². The number of ketones is 9. The van der Waals surface area contributed by atoms with E-state index in [1.54, 1.807) is 115 Å². The van der Waals surface area contributed by atoms with Crippen molar-refractivity contribution in [2.24, 2.45) is 5.92 Å². The Kier molecular flexibility index (Phi) is 32.5. The smallest absolute Gasteiger partial charge is 0.304 e. The fraction of sp³-hybridized carbons (Fsp3) is 0.289. The minimum Gasteiger partial charge on any atom is -0.497 e. The normalized spacial score (nSPS) is 18.7. The molecule has 8 aliphatic heterocycles. The molecule has 0 spiro atoms. The van der Waals surface area contributed by atoms with Gasteiger partial charge in [0.15, 0.2) is 52.4 Å². The first kappa shape index (κ1) is 94.3. The molecular formula is C97H92Cl2O15S8. The van der Waals surface area contributed by atoms with E-state index in [0.717, 1.165) is 79.2 Å². The number of hydrogen-bond acceptors (Lipinski definition) is 22. The number of ether oxygens (including phenoxy) is 2. The largest absolute Gasteiger partial charge is 0.497 e. The van der Waals surface area contributed by atoms with E-state index in [0.29, 0.717) is 86.6 Å². The molecule has 0 radical (unpaired) electrons. The third kappa shape index (κ3) is 24.8. The molecule has 15 nitrogen and oxygen atoms in total. The lowest BCUT2D eigenvalue weighted by Crippen LogP contribution is -2.32. The number of thioether (sulfide) groups is 8. The van der Waals surface area contributed by atoms with Crippen molar-refractivity contribution in [2.75, 3.05) is 30.1 Å². The predicted molar refractivity (Wildman–Crippen MR) is 498 cm³/mol. The Hall–Kier alpha value is -8.43. The fourth-order valence-electron chi connectivity index (χ4n) is 14.3. The molecule has 0 saturated heterocycles. The summed E-state index contributed by atoms with van der Waals surface area (Å²) in [5.74, 6) is 1.83. The molecule has 2 N–H and O–H groups in total. The molecule has 10 aromatic rings. The second kappa shape index (κ2) is 42.0. The Morgan fingerprint density at radius 2 is 1.00 bits per heavy atom. The lowest BCUT2D eigenvalue weighted by molar-refractivity contribution is -0.143. The molecule has 0 amide bonds. The maximum Gasteiger partial charge on any atom is 0.304 e. The number of aliphatic hydroxyl groups excluding tert-OH is 1. The number of fused-ring (bicyclic) bond motifs is 10. The summed E-state index contributed by atoms with van der Waals surface area (Å²) in [6, 6.07) is 62.4. The minimum atomic E-state index is -0.872. The highest BCUT2D eigenvalue weighted by molar-refractivity contribution is 8.02. The van der Waals surface area contributed by atoms with Crippen molar-refractivity contribution in [1.29, 1.82) is 0 Å². The molecule has 8 aliphatic rings. The Labute approximate surface area is 755 Å². The van der Waals surface area contributed by atoms with Gasteiger partial charge in [0.1, 0.15) is 11.9 Å². The summed E-state index contributed by atoms with van der Waals surface area (Å²) < 4.78 is 10.2. The zero-order valence-corrected chi connectivity index (χ0v) is 77.2. The quantitative estimate of drug-likeness (QED) is 0.0892. The van der Waals surface area contributed by atoms with Gasteiger partial charge in [0.25, 0.3) is 0 Å². The SMILES string of the molecule is CC(=O)OC1CSc2ccccc2C1=O.CC1(C)CC(=O)c2cc(Cl)ccc2S1.COc1ccc2c(c1)SCC(C(=O)c1ccccc1)C2=O.Cc1cc(C)c2c(c1)SC(C)(C)CC2=O.Cc1ccc2c(c1)C(=O)CC(C)(C)S2.O=C(O)CC1CC(=O)c2cc(Cl)ccc2S1.O=C1CCSc2c1ccc1ccccc21.O=C1c2ccccc2SCC1O. The zero-order valence-electron chi connectivity index (χ0n) is 69.2. The molecule has 25 heteroatoms. The van der Waals surface area contributed by atoms with Crippen LogP contribution < -0.4 is 4.74 Å². The van der Waals surface area contributed by atoms with Crippen molar-refractivity contribution in [3.63, 3.8) is 0 Å². The van der Waals surface area contributed by atoms with Crippen LogP contribution in [0.1, 0.15) is 197 Å². The van der Waals surface area contributed by atoms with Gasteiger partial charge >= 0.3 is 11.9 Å². The van der Waals surface area contributed by atoms with E-state index in [2.05, 4.69) is 84.9 Å². The molecule has 0 aromatic heterocycles. The monoisotopic (exact) mass is 1820 g/mol. The maximum atomic E-state index is 12.6. The summed E-state index contributed by atoms with van der Waals surface area (Å²) in [4.78, 5) is 137. The van der Waals surface area contributed by atoms with Gasteiger partial charge < -0.3 is 19.7 Å². The number of carbonyl (C=O) groups is 11. The van der Waals surface area contributed by atoms with Crippen LogP contribution in [0, 0.1) is 26.7 Å². The lowest BCUT2D eigenvalue weighted by atomic mass is 9.91. The second-order valence-electron chi connectivity index (χ2n) is 31.5. The molecule has 0 aliphatic carbocycles. The number of aliphatic hydroxyl groups is 1. The Morgan fingerprint density at radius 1 is 0.467 bits per heavy atom. The van der Waals surface area contributed by atoms with Crippen molar-refractivity contribution >= 4 is 192 Å². The number of hydrogen-bond donors (Lipinski definition) is 2. The molecule has 0 fully saturated rings. The minimum absolute atomic E-state index is 0.0118. The van der Waals surface area contributed by atoms with E-state index in [-0.39, 0.29) is 78.6 Å². The van der Waals surface area contributed by atoms with Crippen LogP contribution in [0.15, 0.2) is 239 Å². The molecule has 18 rings (SSSR count). The number of esters is 1. The number of Topliss-reactive ketones (excluding diaryl/α,β-unsaturated/α-hetero) is 9. The number of aryl methyl sites for hydroxylation is 3. The summed E-state index contributed by atoms with van der Waals surface area (Å²) >= 11 is 24.9. The average molecular weight is 1830 g/mol. The third-order valence-corrected chi connectivity index (χ3v) is 30.1. The van der Waals surface area contributed by atoms with Crippen LogP contribution in [0.3, 0.4) is 0 Å². The molecule has 10 aromatic carbocycles. The zero-order chi connectivity index (χ0) is 88.1. The van der Waals surface area contributed by atoms with Crippen LogP contribution in [0.4, 0.5) is 0 Å². The predicted octanol–water partition coefficient (Wildman–Crippen LogP) is 24.1. The highest BCUT2D eigenvalue weighted by Gasteiger charge is 2.38. The average Bonchev–Trinajstić information content (AvgIpc) is 0.786. The van der Waals surface area contributed by atoms with Gasteiger partial charge in [0.05, 0.1) is 19.4 Å². The number of benzene rings is 10. The topological polar surface area (TPSA) is 247 Å². The van der Waals surface area contributed by atoms with Gasteiger partial charge in [0, 0.05) is 181 Å². The number of carboxylic acid groups (broad SMARTS) is 1. The van der Waals surface area contributed by atoms with E-state index in [1.807, 2.05) is 129 Å². The number of rotatable bonds is 6. The molecule has 8 heterocycles. The van der Waals surface area contributed by atoms with Crippen molar-refractivity contribution in [2.45, 2.75) is 179 Å². The Bertz CT molecular complexity index is 5650. The first-order valence-electron chi connectivity index (χ1n) is 39.3. The van der Waals surface area contributed by atoms with E-state index < -0.39 is 30.1 Å². The first-order chi connectivity index (χ1) is 57.9. The molecule has 122 heavy (non-hydrogen) atoms. The maximum absolute atomic E-state index is 12.6. The Balaban J connectivity index is 0.000000137. The fourth-order valence-corrected chi connectivity index (χ4v) is 24.2. The van der Waals surface area contributed by atoms with Crippen LogP contribution >= 0.6 is 117 Å². The summed E-state index contributed by atoms with van der Waals surface area (Å²) in [5, 5.41) is 21.4. The van der Waals surface area contributed by atoms with E-state index >= 15 is 0 Å². The van der Waals surface area contributed by atoms with Crippen molar-refractivity contribution < 1.29 is 72.4 Å². The Morgan fingerprint density at radius 3 is 1.63 bits per heavy atom. The van der Waals surface area contributed by atoms with E-state index in [1.165, 1.54) is 63.4 Å². The first-order valence-corrected chi connectivity index (χ1v) is 47.4. The molecule has 4 unspecified atom stereocenters. The highest BCUT2D eigenvalue weighted by Crippen LogP contribution is 2.48. The summed E-state index contributed by atoms with van der Waals surface area (Å²) in [5.41, 5.74) is 10.2. The highest BCUT2D eigenvalue weighted by atomic mass is 35.5. The third-order valence-electron chi connectivity index (χ3n) is 20.0. The van der Waals surface area contributed by atoms with Gasteiger partial charge in [-0.2, -0.15) is 0 Å². The van der Waals surface area contributed by atoms with Crippen LogP contribution in [0.5, 0.6) is 5.75 Å². The second-order valence-corrected chi connectivity index (χ2v) is 43.3. The van der Waals surface area contributed by atoms with E-state index in [9.17, 15) is 57.8 Å². The molecular weight excluding hydrogens is 1730 g/mol. The molecule has 632 valence electrons. The van der Waals surface area contributed by atoms with Crippen molar-refractivity contribution in [3.05, 3.63) is 277 Å². The number of methoxy groups -OCH3 is 1. The molecule has 4 atom stereocenters.